The molecule has 0 aliphatic heterocycles. The Balaban J connectivity index is 2.13. The minimum absolute atomic E-state index is 0.0129. The molecule has 0 atom stereocenters. The molecule has 0 radical (unpaired) electrons. The first-order valence-corrected chi connectivity index (χ1v) is 6.16. The molecule has 0 aromatic heterocycles. The van der Waals surface area contributed by atoms with E-state index in [1.54, 1.807) is 24.3 Å². The van der Waals surface area contributed by atoms with Crippen molar-refractivity contribution >= 4 is 11.6 Å². The van der Waals surface area contributed by atoms with Crippen LogP contribution in [-0.2, 0) is 0 Å². The summed E-state index contributed by atoms with van der Waals surface area (Å²) in [4.78, 5) is 12.0. The number of hydrogen-bond acceptors (Lipinski definition) is 4. The maximum Gasteiger partial charge on any atom is 0.259 e. The number of carbonyl (C=O) groups is 1. The van der Waals surface area contributed by atoms with Gasteiger partial charge in [-0.3, -0.25) is 4.79 Å². The Labute approximate surface area is 116 Å². The summed E-state index contributed by atoms with van der Waals surface area (Å²) in [7, 11) is 0. The molecule has 0 heterocycles. The zero-order chi connectivity index (χ0) is 14.5. The molecule has 0 bridgehead atoms. The van der Waals surface area contributed by atoms with E-state index in [9.17, 15) is 15.0 Å². The van der Waals surface area contributed by atoms with Crippen LogP contribution in [0, 0.1) is 0 Å². The standard InChI is InChI=1S/C15H15NO4/c1-2-20-12-6-3-10(4-7-12)16-15(19)13-9-11(17)5-8-14(13)18/h3-9,17-18H,2H2,1H3,(H,16,19). The summed E-state index contributed by atoms with van der Waals surface area (Å²) in [5.41, 5.74) is 0.583. The van der Waals surface area contributed by atoms with Gasteiger partial charge >= 0.3 is 0 Å². The molecule has 0 unspecified atom stereocenters. The summed E-state index contributed by atoms with van der Waals surface area (Å²) >= 11 is 0. The lowest BCUT2D eigenvalue weighted by Crippen LogP contribution is -2.11. The third kappa shape index (κ3) is 3.20. The maximum absolute atomic E-state index is 12.0. The third-order valence-electron chi connectivity index (χ3n) is 2.65. The number of anilines is 1. The van der Waals surface area contributed by atoms with E-state index in [2.05, 4.69) is 5.32 Å². The Morgan fingerprint density at radius 2 is 1.85 bits per heavy atom. The van der Waals surface area contributed by atoms with Crippen molar-refractivity contribution in [2.75, 3.05) is 11.9 Å². The van der Waals surface area contributed by atoms with Crippen LogP contribution >= 0.6 is 0 Å². The van der Waals surface area contributed by atoms with Crippen molar-refractivity contribution in [2.24, 2.45) is 0 Å². The van der Waals surface area contributed by atoms with Crippen LogP contribution in [0.3, 0.4) is 0 Å². The lowest BCUT2D eigenvalue weighted by Gasteiger charge is -2.08. The molecule has 2 aromatic rings. The van der Waals surface area contributed by atoms with Crippen LogP contribution in [0.1, 0.15) is 17.3 Å². The highest BCUT2D eigenvalue weighted by atomic mass is 16.5. The van der Waals surface area contributed by atoms with E-state index in [0.29, 0.717) is 18.0 Å². The van der Waals surface area contributed by atoms with E-state index in [0.717, 1.165) is 0 Å². The predicted molar refractivity (Wildman–Crippen MR) is 75.3 cm³/mol. The number of hydrogen-bond donors (Lipinski definition) is 3. The van der Waals surface area contributed by atoms with Crippen molar-refractivity contribution in [2.45, 2.75) is 6.92 Å². The van der Waals surface area contributed by atoms with E-state index in [1.165, 1.54) is 18.2 Å². The first kappa shape index (κ1) is 13.7. The zero-order valence-electron chi connectivity index (χ0n) is 11.0. The second-order valence-electron chi connectivity index (χ2n) is 4.11. The number of phenolic OH excluding ortho intramolecular Hbond substituents is 2. The normalized spacial score (nSPS) is 10.1. The van der Waals surface area contributed by atoms with Crippen LogP contribution in [0.15, 0.2) is 42.5 Å². The van der Waals surface area contributed by atoms with Gasteiger partial charge in [0.25, 0.3) is 5.91 Å². The zero-order valence-corrected chi connectivity index (χ0v) is 11.0. The average molecular weight is 273 g/mol. The Morgan fingerprint density at radius 3 is 2.50 bits per heavy atom. The van der Waals surface area contributed by atoms with Crippen molar-refractivity contribution in [3.8, 4) is 17.2 Å². The molecule has 3 N–H and O–H groups in total. The highest BCUT2D eigenvalue weighted by Crippen LogP contribution is 2.23. The van der Waals surface area contributed by atoms with Gasteiger partial charge in [-0.25, -0.2) is 0 Å². The number of phenols is 2. The van der Waals surface area contributed by atoms with Crippen molar-refractivity contribution in [1.29, 1.82) is 0 Å². The number of rotatable bonds is 4. The molecule has 0 spiro atoms. The van der Waals surface area contributed by atoms with Gasteiger partial charge in [0.2, 0.25) is 0 Å². The summed E-state index contributed by atoms with van der Waals surface area (Å²) in [6.45, 7) is 2.46. The van der Waals surface area contributed by atoms with Crippen molar-refractivity contribution in [3.05, 3.63) is 48.0 Å². The first-order valence-electron chi connectivity index (χ1n) is 6.16. The molecular formula is C15H15NO4. The molecule has 0 fully saturated rings. The molecule has 2 rings (SSSR count). The van der Waals surface area contributed by atoms with Gasteiger partial charge in [0.05, 0.1) is 12.2 Å². The molecule has 5 nitrogen and oxygen atoms in total. The molecule has 5 heteroatoms. The van der Waals surface area contributed by atoms with E-state index in [4.69, 9.17) is 4.74 Å². The molecule has 104 valence electrons. The molecule has 1 amide bonds. The summed E-state index contributed by atoms with van der Waals surface area (Å²) in [6, 6.07) is 10.7. The smallest absolute Gasteiger partial charge is 0.259 e. The van der Waals surface area contributed by atoms with Gasteiger partial charge in [0.15, 0.2) is 0 Å². The van der Waals surface area contributed by atoms with Gasteiger partial charge in [-0.15, -0.1) is 0 Å². The largest absolute Gasteiger partial charge is 0.508 e. The highest BCUT2D eigenvalue weighted by molar-refractivity contribution is 6.06. The van der Waals surface area contributed by atoms with Crippen LogP contribution in [0.5, 0.6) is 17.2 Å². The van der Waals surface area contributed by atoms with Gasteiger partial charge in [-0.05, 0) is 49.4 Å². The SMILES string of the molecule is CCOc1ccc(NC(=O)c2cc(O)ccc2O)cc1. The second-order valence-corrected chi connectivity index (χ2v) is 4.11. The van der Waals surface area contributed by atoms with Gasteiger partial charge in [0.1, 0.15) is 17.2 Å². The molecule has 0 aliphatic rings. The number of carbonyl (C=O) groups excluding carboxylic acids is 1. The fourth-order valence-corrected chi connectivity index (χ4v) is 1.71. The second kappa shape index (κ2) is 5.97. The van der Waals surface area contributed by atoms with Gasteiger partial charge in [-0.1, -0.05) is 0 Å². The molecule has 0 aliphatic carbocycles. The lowest BCUT2D eigenvalue weighted by atomic mass is 10.1. The van der Waals surface area contributed by atoms with Gasteiger partial charge < -0.3 is 20.3 Å². The fraction of sp³-hybridized carbons (Fsp3) is 0.133. The van der Waals surface area contributed by atoms with E-state index < -0.39 is 5.91 Å². The molecule has 0 saturated carbocycles. The number of ether oxygens (including phenoxy) is 1. The maximum atomic E-state index is 12.0. The van der Waals surface area contributed by atoms with Gasteiger partial charge in [0, 0.05) is 5.69 Å². The Bertz CT molecular complexity index is 608. The van der Waals surface area contributed by atoms with Crippen LogP contribution in [0.4, 0.5) is 5.69 Å². The Hall–Kier alpha value is -2.69. The third-order valence-corrected chi connectivity index (χ3v) is 2.65. The molecule has 20 heavy (non-hydrogen) atoms. The van der Waals surface area contributed by atoms with Crippen LogP contribution in [0.2, 0.25) is 0 Å². The van der Waals surface area contributed by atoms with Crippen molar-refractivity contribution in [3.63, 3.8) is 0 Å². The number of benzene rings is 2. The Morgan fingerprint density at radius 1 is 1.15 bits per heavy atom. The minimum atomic E-state index is -0.498. The summed E-state index contributed by atoms with van der Waals surface area (Å²) < 4.78 is 5.30. The van der Waals surface area contributed by atoms with Crippen LogP contribution in [0.25, 0.3) is 0 Å². The quantitative estimate of drug-likeness (QED) is 0.748. The monoisotopic (exact) mass is 273 g/mol. The summed E-state index contributed by atoms with van der Waals surface area (Å²) in [5.74, 6) is -0.0564. The summed E-state index contributed by atoms with van der Waals surface area (Å²) in [5, 5.41) is 21.6. The van der Waals surface area contributed by atoms with Crippen molar-refractivity contribution < 1.29 is 19.7 Å². The Kier molecular flexibility index (Phi) is 4.10. The molecule has 0 saturated heterocycles. The first-order chi connectivity index (χ1) is 9.60. The highest BCUT2D eigenvalue weighted by Gasteiger charge is 2.12. The van der Waals surface area contributed by atoms with Crippen LogP contribution in [-0.4, -0.2) is 22.7 Å². The van der Waals surface area contributed by atoms with Gasteiger partial charge in [-0.2, -0.15) is 0 Å². The van der Waals surface area contributed by atoms with Crippen LogP contribution < -0.4 is 10.1 Å². The topological polar surface area (TPSA) is 78.8 Å². The number of nitrogens with one attached hydrogen (secondary N) is 1. The van der Waals surface area contributed by atoms with E-state index in [-0.39, 0.29) is 17.1 Å². The summed E-state index contributed by atoms with van der Waals surface area (Å²) in [6.07, 6.45) is 0. The van der Waals surface area contributed by atoms with Crippen molar-refractivity contribution in [1.82, 2.24) is 0 Å². The van der Waals surface area contributed by atoms with E-state index >= 15 is 0 Å². The fourth-order valence-electron chi connectivity index (χ4n) is 1.71. The molecule has 2 aromatic carbocycles. The average Bonchev–Trinajstić information content (AvgIpc) is 2.44. The number of amides is 1. The number of aromatic hydroxyl groups is 2. The van der Waals surface area contributed by atoms with E-state index in [1.807, 2.05) is 6.92 Å². The lowest BCUT2D eigenvalue weighted by molar-refractivity contribution is 0.102. The predicted octanol–water partition coefficient (Wildman–Crippen LogP) is 2.75. The minimum Gasteiger partial charge on any atom is -0.508 e. The molecular weight excluding hydrogens is 258 g/mol.